The number of thiophene rings is 1. The van der Waals surface area contributed by atoms with Crippen molar-refractivity contribution in [2.45, 2.75) is 38.8 Å². The maximum atomic E-state index is 13.9. The topological polar surface area (TPSA) is 84.3 Å². The van der Waals surface area contributed by atoms with Crippen LogP contribution in [0, 0.1) is 12.7 Å². The third-order valence-electron chi connectivity index (χ3n) is 7.07. The molecule has 4 heterocycles. The Morgan fingerprint density at radius 2 is 1.84 bits per heavy atom. The molecule has 192 valence electrons. The first-order valence-electron chi connectivity index (χ1n) is 12.5. The van der Waals surface area contributed by atoms with Crippen molar-refractivity contribution >= 4 is 29.1 Å². The van der Waals surface area contributed by atoms with Crippen LogP contribution in [0.2, 0.25) is 0 Å². The predicted octanol–water partition coefficient (Wildman–Crippen LogP) is 4.64. The SMILES string of the molecule is Cc1cnn2c1-c1cc(C(=O)N[C@@H](Cc3cccc(F)c3)CN3C(=O)c4ccccc4C3=O)sc1CCC2. The standard InChI is InChI=1S/C29H25FN4O3S/c1-17-15-31-34-11-5-10-24-23(26(17)34)14-25(38-24)27(35)32-20(13-18-6-4-7-19(30)12-18)16-33-28(36)21-8-2-3-9-22(21)29(33)37/h2-4,6-9,12,14-15,20H,5,10-11,13,16H2,1H3,(H,32,35)/t20-/m0/s1. The average Bonchev–Trinajstić information content (AvgIpc) is 3.51. The molecule has 1 N–H and O–H groups in total. The van der Waals surface area contributed by atoms with Crippen molar-refractivity contribution in [3.05, 3.63) is 98.6 Å². The van der Waals surface area contributed by atoms with Crippen LogP contribution in [0.4, 0.5) is 4.39 Å². The van der Waals surface area contributed by atoms with Crippen LogP contribution >= 0.6 is 11.3 Å². The molecule has 1 atom stereocenters. The Kier molecular flexibility index (Phi) is 6.15. The number of nitrogens with one attached hydrogen (secondary N) is 1. The van der Waals surface area contributed by atoms with Gasteiger partial charge in [0.1, 0.15) is 5.82 Å². The molecule has 0 unspecified atom stereocenters. The van der Waals surface area contributed by atoms with Gasteiger partial charge in [0, 0.05) is 23.5 Å². The van der Waals surface area contributed by atoms with Gasteiger partial charge in [-0.05, 0) is 67.6 Å². The molecule has 0 fully saturated rings. The maximum absolute atomic E-state index is 13.9. The number of hydrogen-bond donors (Lipinski definition) is 1. The molecule has 9 heteroatoms. The number of rotatable bonds is 6. The fraction of sp³-hybridized carbons (Fsp3) is 0.241. The lowest BCUT2D eigenvalue weighted by Gasteiger charge is -2.24. The Balaban J connectivity index is 1.28. The number of hydrogen-bond acceptors (Lipinski definition) is 5. The zero-order valence-corrected chi connectivity index (χ0v) is 21.6. The van der Waals surface area contributed by atoms with Gasteiger partial charge < -0.3 is 5.32 Å². The fourth-order valence-corrected chi connectivity index (χ4v) is 6.41. The molecule has 38 heavy (non-hydrogen) atoms. The molecular weight excluding hydrogens is 503 g/mol. The summed E-state index contributed by atoms with van der Waals surface area (Å²) >= 11 is 1.46. The first-order valence-corrected chi connectivity index (χ1v) is 13.4. The monoisotopic (exact) mass is 528 g/mol. The van der Waals surface area contributed by atoms with Gasteiger partial charge in [0.15, 0.2) is 0 Å². The lowest BCUT2D eigenvalue weighted by molar-refractivity contribution is 0.0629. The smallest absolute Gasteiger partial charge is 0.261 e. The van der Waals surface area contributed by atoms with Crippen molar-refractivity contribution in [2.24, 2.45) is 0 Å². The first-order chi connectivity index (χ1) is 18.4. The van der Waals surface area contributed by atoms with Gasteiger partial charge >= 0.3 is 0 Å². The van der Waals surface area contributed by atoms with E-state index in [1.165, 1.54) is 28.4 Å². The van der Waals surface area contributed by atoms with Crippen LogP contribution in [0.3, 0.4) is 0 Å². The third kappa shape index (κ3) is 4.32. The quantitative estimate of drug-likeness (QED) is 0.370. The van der Waals surface area contributed by atoms with Crippen molar-refractivity contribution < 1.29 is 18.8 Å². The van der Waals surface area contributed by atoms with Crippen LogP contribution in [-0.4, -0.2) is 45.0 Å². The van der Waals surface area contributed by atoms with Crippen molar-refractivity contribution in [2.75, 3.05) is 6.54 Å². The molecule has 2 aromatic heterocycles. The van der Waals surface area contributed by atoms with Gasteiger partial charge in [0.2, 0.25) is 0 Å². The van der Waals surface area contributed by atoms with E-state index in [9.17, 15) is 18.8 Å². The van der Waals surface area contributed by atoms with Crippen LogP contribution < -0.4 is 5.32 Å². The Morgan fingerprint density at radius 1 is 1.08 bits per heavy atom. The second-order valence-corrected chi connectivity index (χ2v) is 10.9. The predicted molar refractivity (Wildman–Crippen MR) is 142 cm³/mol. The maximum Gasteiger partial charge on any atom is 0.261 e. The minimum Gasteiger partial charge on any atom is -0.346 e. The normalized spacial score (nSPS) is 15.1. The Labute approximate surface area is 222 Å². The third-order valence-corrected chi connectivity index (χ3v) is 8.27. The van der Waals surface area contributed by atoms with Crippen LogP contribution in [0.1, 0.15) is 52.8 Å². The molecule has 0 spiro atoms. The molecular formula is C29H25FN4O3S. The van der Waals surface area contributed by atoms with Crippen molar-refractivity contribution in [3.8, 4) is 11.3 Å². The lowest BCUT2D eigenvalue weighted by Crippen LogP contribution is -2.46. The Bertz CT molecular complexity index is 1560. The van der Waals surface area contributed by atoms with E-state index in [-0.39, 0.29) is 24.7 Å². The molecule has 2 aliphatic rings. The molecule has 0 saturated carbocycles. The molecule has 6 rings (SSSR count). The first kappa shape index (κ1) is 24.2. The lowest BCUT2D eigenvalue weighted by atomic mass is 10.0. The number of carbonyl (C=O) groups excluding carboxylic acids is 3. The summed E-state index contributed by atoms with van der Waals surface area (Å²) in [5, 5.41) is 7.51. The number of amides is 3. The summed E-state index contributed by atoms with van der Waals surface area (Å²) in [4.78, 5) is 42.4. The molecule has 0 saturated heterocycles. The summed E-state index contributed by atoms with van der Waals surface area (Å²) in [7, 11) is 0. The highest BCUT2D eigenvalue weighted by molar-refractivity contribution is 7.14. The average molecular weight is 529 g/mol. The fourth-order valence-electron chi connectivity index (χ4n) is 5.31. The van der Waals surface area contributed by atoms with E-state index in [2.05, 4.69) is 10.4 Å². The van der Waals surface area contributed by atoms with Gasteiger partial charge in [-0.25, -0.2) is 4.39 Å². The van der Waals surface area contributed by atoms with Gasteiger partial charge in [-0.3, -0.25) is 24.0 Å². The van der Waals surface area contributed by atoms with Gasteiger partial charge in [-0.15, -0.1) is 11.3 Å². The highest BCUT2D eigenvalue weighted by atomic mass is 32.1. The van der Waals surface area contributed by atoms with Crippen LogP contribution in [0.25, 0.3) is 11.3 Å². The minimum absolute atomic E-state index is 0.0223. The summed E-state index contributed by atoms with van der Waals surface area (Å²) in [6.07, 6.45) is 3.90. The molecule has 0 bridgehead atoms. The van der Waals surface area contributed by atoms with E-state index >= 15 is 0 Å². The van der Waals surface area contributed by atoms with E-state index in [1.54, 1.807) is 36.4 Å². The van der Waals surface area contributed by atoms with Crippen LogP contribution in [-0.2, 0) is 19.4 Å². The second-order valence-electron chi connectivity index (χ2n) is 9.72. The van der Waals surface area contributed by atoms with E-state index in [0.29, 0.717) is 21.6 Å². The highest BCUT2D eigenvalue weighted by Gasteiger charge is 2.37. The number of aromatic nitrogens is 2. The van der Waals surface area contributed by atoms with Crippen LogP contribution in [0.15, 0.2) is 60.8 Å². The number of imide groups is 1. The number of aryl methyl sites for hydroxylation is 3. The number of carbonyl (C=O) groups is 3. The minimum atomic E-state index is -0.610. The molecule has 3 amide bonds. The van der Waals surface area contributed by atoms with Crippen molar-refractivity contribution in [1.82, 2.24) is 20.0 Å². The molecule has 0 radical (unpaired) electrons. The van der Waals surface area contributed by atoms with Gasteiger partial charge in [-0.1, -0.05) is 24.3 Å². The van der Waals surface area contributed by atoms with E-state index in [4.69, 9.17) is 0 Å². The second kappa shape index (κ2) is 9.64. The zero-order valence-electron chi connectivity index (χ0n) is 20.7. The van der Waals surface area contributed by atoms with E-state index < -0.39 is 17.9 Å². The number of benzene rings is 2. The van der Waals surface area contributed by atoms with Crippen LogP contribution in [0.5, 0.6) is 0 Å². The number of halogens is 1. The zero-order chi connectivity index (χ0) is 26.4. The van der Waals surface area contributed by atoms with Crippen molar-refractivity contribution in [3.63, 3.8) is 0 Å². The summed E-state index contributed by atoms with van der Waals surface area (Å²) in [5.41, 5.74) is 4.48. The molecule has 2 aliphatic heterocycles. The van der Waals surface area contributed by atoms with Gasteiger partial charge in [0.25, 0.3) is 17.7 Å². The largest absolute Gasteiger partial charge is 0.346 e. The van der Waals surface area contributed by atoms with Gasteiger partial charge in [-0.2, -0.15) is 5.10 Å². The Hall–Kier alpha value is -4.11. The molecule has 2 aromatic carbocycles. The summed E-state index contributed by atoms with van der Waals surface area (Å²) in [6.45, 7) is 2.83. The number of nitrogens with zero attached hydrogens (tertiary/aromatic N) is 3. The summed E-state index contributed by atoms with van der Waals surface area (Å²) in [6, 6.07) is 14.1. The molecule has 7 nitrogen and oxygen atoms in total. The molecule has 4 aromatic rings. The van der Waals surface area contributed by atoms with E-state index in [1.807, 2.05) is 23.9 Å². The highest BCUT2D eigenvalue weighted by Crippen LogP contribution is 2.36. The summed E-state index contributed by atoms with van der Waals surface area (Å²) < 4.78 is 15.9. The van der Waals surface area contributed by atoms with Crippen molar-refractivity contribution in [1.29, 1.82) is 0 Å². The van der Waals surface area contributed by atoms with E-state index in [0.717, 1.165) is 41.1 Å². The Morgan fingerprint density at radius 3 is 2.58 bits per heavy atom. The van der Waals surface area contributed by atoms with Gasteiger partial charge in [0.05, 0.1) is 33.9 Å². The molecule has 0 aliphatic carbocycles. The summed E-state index contributed by atoms with van der Waals surface area (Å²) in [5.74, 6) is -1.46. The number of fused-ring (bicyclic) bond motifs is 4.